The van der Waals surface area contributed by atoms with Crippen molar-refractivity contribution in [2.75, 3.05) is 38.3 Å². The summed E-state index contributed by atoms with van der Waals surface area (Å²) < 4.78 is 10.5. The molecule has 0 aliphatic rings. The van der Waals surface area contributed by atoms with E-state index < -0.39 is 11.9 Å². The summed E-state index contributed by atoms with van der Waals surface area (Å²) in [5.74, 6) is -1.54. The molecule has 160 valence electrons. The molecule has 3 N–H and O–H groups in total. The maximum absolute atomic E-state index is 12.0. The molecule has 1 rings (SSSR count). The van der Waals surface area contributed by atoms with E-state index in [0.717, 1.165) is 5.56 Å². The first kappa shape index (κ1) is 24.2. The number of amides is 1. The zero-order valence-electron chi connectivity index (χ0n) is 16.5. The third kappa shape index (κ3) is 10.9. The number of carbonyl (C=O) groups excluding carboxylic acids is 1. The largest absolute Gasteiger partial charge is 0.506 e. The second-order valence-electron chi connectivity index (χ2n) is 6.46. The molecule has 29 heavy (non-hydrogen) atoms. The van der Waals surface area contributed by atoms with E-state index in [0.29, 0.717) is 44.8 Å². The van der Waals surface area contributed by atoms with Crippen molar-refractivity contribution >= 4 is 17.6 Å². The second kappa shape index (κ2) is 14.2. The van der Waals surface area contributed by atoms with Crippen LogP contribution < -0.4 is 5.32 Å². The van der Waals surface area contributed by atoms with Gasteiger partial charge < -0.3 is 25.0 Å². The average Bonchev–Trinajstić information content (AvgIpc) is 2.69. The number of hydrogen-bond donors (Lipinski definition) is 3. The van der Waals surface area contributed by atoms with Gasteiger partial charge in [-0.1, -0.05) is 18.1 Å². The van der Waals surface area contributed by atoms with Crippen molar-refractivity contribution in [3.63, 3.8) is 0 Å². The Kier molecular flexibility index (Phi) is 11.9. The fourth-order valence-electron chi connectivity index (χ4n) is 2.42. The summed E-state index contributed by atoms with van der Waals surface area (Å²) in [6, 6.07) is 4.95. The van der Waals surface area contributed by atoms with Gasteiger partial charge in [-0.2, -0.15) is 0 Å². The van der Waals surface area contributed by atoms with Crippen LogP contribution in [0.3, 0.4) is 0 Å². The Morgan fingerprint density at radius 3 is 2.66 bits per heavy atom. The van der Waals surface area contributed by atoms with Gasteiger partial charge in [0.1, 0.15) is 5.75 Å². The SMILES string of the molecule is CC(CCCc1ccc(O)c(NC(=O)CCOCCOCCN=[N+]=[N-])c1)C(=O)O. The summed E-state index contributed by atoms with van der Waals surface area (Å²) in [5, 5.41) is 24.8. The van der Waals surface area contributed by atoms with Crippen LogP contribution in [0, 0.1) is 5.92 Å². The van der Waals surface area contributed by atoms with Gasteiger partial charge in [0.05, 0.1) is 44.5 Å². The van der Waals surface area contributed by atoms with Gasteiger partial charge in [-0.3, -0.25) is 9.59 Å². The fourth-order valence-corrected chi connectivity index (χ4v) is 2.42. The van der Waals surface area contributed by atoms with Crippen LogP contribution in [-0.4, -0.2) is 55.1 Å². The first-order chi connectivity index (χ1) is 13.9. The number of nitrogens with one attached hydrogen (secondary N) is 1. The molecule has 0 saturated carbocycles. The number of phenolic OH excluding ortho intramolecular Hbond substituents is 1. The van der Waals surface area contributed by atoms with Gasteiger partial charge in [0.2, 0.25) is 5.91 Å². The molecule has 0 radical (unpaired) electrons. The number of ether oxygens (including phenoxy) is 2. The second-order valence-corrected chi connectivity index (χ2v) is 6.46. The molecule has 0 saturated heterocycles. The van der Waals surface area contributed by atoms with E-state index in [1.807, 2.05) is 0 Å². The molecule has 1 aromatic rings. The lowest BCUT2D eigenvalue weighted by Crippen LogP contribution is -2.15. The predicted molar refractivity (Wildman–Crippen MR) is 107 cm³/mol. The van der Waals surface area contributed by atoms with Gasteiger partial charge in [0.25, 0.3) is 0 Å². The topological polar surface area (TPSA) is 154 Å². The first-order valence-corrected chi connectivity index (χ1v) is 9.45. The number of hydrogen-bond acceptors (Lipinski definition) is 6. The zero-order valence-corrected chi connectivity index (χ0v) is 16.5. The molecule has 0 heterocycles. The third-order valence-electron chi connectivity index (χ3n) is 4.10. The maximum atomic E-state index is 12.0. The number of azide groups is 1. The van der Waals surface area contributed by atoms with E-state index in [1.54, 1.807) is 19.1 Å². The molecule has 1 unspecified atom stereocenters. The van der Waals surface area contributed by atoms with E-state index in [2.05, 4.69) is 15.3 Å². The van der Waals surface area contributed by atoms with Gasteiger partial charge in [0, 0.05) is 11.5 Å². The highest BCUT2D eigenvalue weighted by molar-refractivity contribution is 5.92. The summed E-state index contributed by atoms with van der Waals surface area (Å²) in [4.78, 5) is 25.5. The molecule has 10 nitrogen and oxygen atoms in total. The number of carboxylic acid groups (broad SMARTS) is 1. The molecular formula is C19H28N4O6. The van der Waals surface area contributed by atoms with Gasteiger partial charge in [-0.05, 0) is 42.5 Å². The summed E-state index contributed by atoms with van der Waals surface area (Å²) >= 11 is 0. The van der Waals surface area contributed by atoms with Gasteiger partial charge in [-0.15, -0.1) is 0 Å². The number of nitrogens with zero attached hydrogens (tertiary/aromatic N) is 3. The highest BCUT2D eigenvalue weighted by Gasteiger charge is 2.11. The molecule has 0 spiro atoms. The molecule has 0 aliphatic heterocycles. The Hall–Kier alpha value is -2.81. The van der Waals surface area contributed by atoms with Crippen LogP contribution in [-0.2, 0) is 25.5 Å². The lowest BCUT2D eigenvalue weighted by Gasteiger charge is -2.11. The minimum absolute atomic E-state index is 0.0321. The first-order valence-electron chi connectivity index (χ1n) is 9.45. The number of aromatic hydroxyl groups is 1. The number of aryl methyl sites for hydroxylation is 1. The Morgan fingerprint density at radius 1 is 1.24 bits per heavy atom. The highest BCUT2D eigenvalue weighted by atomic mass is 16.5. The van der Waals surface area contributed by atoms with Crippen LogP contribution in [0.2, 0.25) is 0 Å². The van der Waals surface area contributed by atoms with Crippen molar-refractivity contribution in [2.24, 2.45) is 11.0 Å². The van der Waals surface area contributed by atoms with E-state index in [1.165, 1.54) is 6.07 Å². The Balaban J connectivity index is 2.30. The van der Waals surface area contributed by atoms with Crippen LogP contribution in [0.1, 0.15) is 31.7 Å². The van der Waals surface area contributed by atoms with Gasteiger partial charge in [-0.25, -0.2) is 0 Å². The minimum atomic E-state index is -0.814. The smallest absolute Gasteiger partial charge is 0.306 e. The Labute approximate surface area is 169 Å². The van der Waals surface area contributed by atoms with Crippen molar-refractivity contribution in [3.8, 4) is 5.75 Å². The Bertz CT molecular complexity index is 706. The summed E-state index contributed by atoms with van der Waals surface area (Å²) in [6.07, 6.45) is 2.04. The van der Waals surface area contributed by atoms with Crippen molar-refractivity contribution in [3.05, 3.63) is 34.2 Å². The Morgan fingerprint density at radius 2 is 1.97 bits per heavy atom. The van der Waals surface area contributed by atoms with E-state index in [9.17, 15) is 14.7 Å². The molecule has 1 amide bonds. The number of phenols is 1. The molecular weight excluding hydrogens is 380 g/mol. The molecule has 0 aromatic heterocycles. The normalized spacial score (nSPS) is 11.5. The summed E-state index contributed by atoms with van der Waals surface area (Å²) in [6.45, 7) is 3.12. The van der Waals surface area contributed by atoms with Crippen molar-refractivity contribution in [1.82, 2.24) is 0 Å². The molecule has 1 aromatic carbocycles. The lowest BCUT2D eigenvalue weighted by atomic mass is 10.0. The van der Waals surface area contributed by atoms with Crippen LogP contribution >= 0.6 is 0 Å². The van der Waals surface area contributed by atoms with Crippen LogP contribution in [0.4, 0.5) is 5.69 Å². The fraction of sp³-hybridized carbons (Fsp3) is 0.579. The molecule has 0 aliphatic carbocycles. The minimum Gasteiger partial charge on any atom is -0.506 e. The molecule has 10 heteroatoms. The average molecular weight is 408 g/mol. The summed E-state index contributed by atoms with van der Waals surface area (Å²) in [5.41, 5.74) is 9.34. The van der Waals surface area contributed by atoms with Crippen molar-refractivity contribution in [2.45, 2.75) is 32.6 Å². The van der Waals surface area contributed by atoms with Crippen LogP contribution in [0.5, 0.6) is 5.75 Å². The van der Waals surface area contributed by atoms with Crippen molar-refractivity contribution in [1.29, 1.82) is 0 Å². The van der Waals surface area contributed by atoms with E-state index in [-0.39, 0.29) is 31.2 Å². The highest BCUT2D eigenvalue weighted by Crippen LogP contribution is 2.25. The monoisotopic (exact) mass is 408 g/mol. The number of carbonyl (C=O) groups is 2. The number of benzene rings is 1. The summed E-state index contributed by atoms with van der Waals surface area (Å²) in [7, 11) is 0. The third-order valence-corrected chi connectivity index (χ3v) is 4.10. The van der Waals surface area contributed by atoms with Gasteiger partial charge in [0.15, 0.2) is 0 Å². The van der Waals surface area contributed by atoms with Crippen LogP contribution in [0.15, 0.2) is 23.3 Å². The quantitative estimate of drug-likeness (QED) is 0.133. The van der Waals surface area contributed by atoms with E-state index >= 15 is 0 Å². The number of anilines is 1. The van der Waals surface area contributed by atoms with Crippen LogP contribution in [0.25, 0.3) is 10.4 Å². The number of aliphatic carboxylic acids is 1. The van der Waals surface area contributed by atoms with E-state index in [4.69, 9.17) is 20.1 Å². The standard InChI is InChI=1S/C19H28N4O6/c1-14(19(26)27)3-2-4-15-5-6-17(24)16(13-15)22-18(25)7-9-28-11-12-29-10-8-21-23-20/h5-6,13-14,24H,2-4,7-12H2,1H3,(H,22,25)(H,26,27). The number of rotatable bonds is 15. The lowest BCUT2D eigenvalue weighted by molar-refractivity contribution is -0.141. The van der Waals surface area contributed by atoms with Crippen molar-refractivity contribution < 1.29 is 29.3 Å². The molecule has 0 bridgehead atoms. The zero-order chi connectivity index (χ0) is 21.5. The maximum Gasteiger partial charge on any atom is 0.306 e. The molecule has 0 fully saturated rings. The van der Waals surface area contributed by atoms with Gasteiger partial charge >= 0.3 is 5.97 Å². The molecule has 1 atom stereocenters. The predicted octanol–water partition coefficient (Wildman–Crippen LogP) is 3.11. The number of carboxylic acids is 1.